The molecule has 0 aliphatic carbocycles. The van der Waals surface area contributed by atoms with Crippen molar-refractivity contribution in [3.63, 3.8) is 0 Å². The third-order valence-corrected chi connectivity index (χ3v) is 1.53. The molecule has 0 amide bonds. The maximum absolute atomic E-state index is 12.1. The molecule has 82 valence electrons. The van der Waals surface area contributed by atoms with Gasteiger partial charge in [-0.3, -0.25) is 4.79 Å². The molecule has 0 aromatic carbocycles. The molecule has 0 atom stereocenters. The molecule has 0 aliphatic heterocycles. The van der Waals surface area contributed by atoms with Gasteiger partial charge in [-0.25, -0.2) is 13.8 Å². The van der Waals surface area contributed by atoms with E-state index in [-0.39, 0.29) is 12.4 Å². The Morgan fingerprint density at radius 3 is 2.27 bits per heavy atom. The quantitative estimate of drug-likeness (QED) is 0.572. The van der Waals surface area contributed by atoms with E-state index in [9.17, 15) is 26.7 Å². The zero-order valence-electron chi connectivity index (χ0n) is 7.05. The van der Waals surface area contributed by atoms with E-state index < -0.39 is 29.6 Å². The van der Waals surface area contributed by atoms with E-state index in [0.29, 0.717) is 6.07 Å². The minimum Gasteiger partial charge on any atom is -0.296 e. The summed E-state index contributed by atoms with van der Waals surface area (Å²) in [7, 11) is 0. The SMILES string of the molecule is O=Cc1cc(C(F)F)cc(C(F)(F)F)n1. The molecule has 1 aromatic rings. The topological polar surface area (TPSA) is 30.0 Å². The lowest BCUT2D eigenvalue weighted by molar-refractivity contribution is -0.141. The fourth-order valence-electron chi connectivity index (χ4n) is 0.906. The van der Waals surface area contributed by atoms with Crippen molar-refractivity contribution in [2.45, 2.75) is 12.6 Å². The Morgan fingerprint density at radius 1 is 1.27 bits per heavy atom. The van der Waals surface area contributed by atoms with Gasteiger partial charge in [0.25, 0.3) is 6.43 Å². The average molecular weight is 225 g/mol. The van der Waals surface area contributed by atoms with Crippen LogP contribution < -0.4 is 0 Å². The molecule has 1 rings (SSSR count). The smallest absolute Gasteiger partial charge is 0.296 e. The van der Waals surface area contributed by atoms with Crippen LogP contribution in [0.4, 0.5) is 22.0 Å². The molecular formula is C8H4F5NO. The zero-order valence-corrected chi connectivity index (χ0v) is 7.05. The van der Waals surface area contributed by atoms with Crippen molar-refractivity contribution in [1.82, 2.24) is 4.98 Å². The Morgan fingerprint density at radius 2 is 1.87 bits per heavy atom. The minimum atomic E-state index is -4.84. The first-order valence-corrected chi connectivity index (χ1v) is 3.67. The Balaban J connectivity index is 3.29. The molecule has 0 unspecified atom stereocenters. The molecule has 0 N–H and O–H groups in total. The highest BCUT2D eigenvalue weighted by Gasteiger charge is 2.33. The number of carbonyl (C=O) groups excluding carboxylic acids is 1. The second-order valence-corrected chi connectivity index (χ2v) is 2.63. The van der Waals surface area contributed by atoms with Crippen LogP contribution in [0.3, 0.4) is 0 Å². The standard InChI is InChI=1S/C8H4F5NO/c9-7(10)4-1-5(3-15)14-6(2-4)8(11,12)13/h1-3,7H. The number of aldehydes is 1. The number of nitrogens with zero attached hydrogens (tertiary/aromatic N) is 1. The molecule has 15 heavy (non-hydrogen) atoms. The lowest BCUT2D eigenvalue weighted by Crippen LogP contribution is -2.10. The van der Waals surface area contributed by atoms with Crippen LogP contribution in [0.15, 0.2) is 12.1 Å². The predicted octanol–water partition coefficient (Wildman–Crippen LogP) is 2.85. The molecule has 2 nitrogen and oxygen atoms in total. The van der Waals surface area contributed by atoms with Crippen molar-refractivity contribution >= 4 is 6.29 Å². The van der Waals surface area contributed by atoms with Gasteiger partial charge in [0.2, 0.25) is 0 Å². The number of alkyl halides is 5. The van der Waals surface area contributed by atoms with E-state index in [4.69, 9.17) is 0 Å². The van der Waals surface area contributed by atoms with Gasteiger partial charge in [0.05, 0.1) is 0 Å². The van der Waals surface area contributed by atoms with Gasteiger partial charge >= 0.3 is 6.18 Å². The number of rotatable bonds is 2. The highest BCUT2D eigenvalue weighted by Crippen LogP contribution is 2.30. The van der Waals surface area contributed by atoms with Crippen molar-refractivity contribution in [2.75, 3.05) is 0 Å². The first-order valence-electron chi connectivity index (χ1n) is 3.67. The summed E-state index contributed by atoms with van der Waals surface area (Å²) >= 11 is 0. The Hall–Kier alpha value is -1.53. The summed E-state index contributed by atoms with van der Waals surface area (Å²) in [5.41, 5.74) is -3.04. The van der Waals surface area contributed by atoms with Gasteiger partial charge in [0.1, 0.15) is 11.4 Å². The lowest BCUT2D eigenvalue weighted by Gasteiger charge is -2.08. The minimum absolute atomic E-state index is 0.0128. The maximum atomic E-state index is 12.1. The maximum Gasteiger partial charge on any atom is 0.433 e. The average Bonchev–Trinajstić information content (AvgIpc) is 2.15. The van der Waals surface area contributed by atoms with Gasteiger partial charge in [-0.2, -0.15) is 13.2 Å². The number of hydrogen-bond acceptors (Lipinski definition) is 2. The van der Waals surface area contributed by atoms with Gasteiger partial charge in [-0.05, 0) is 12.1 Å². The van der Waals surface area contributed by atoms with E-state index >= 15 is 0 Å². The summed E-state index contributed by atoms with van der Waals surface area (Å²) in [6.45, 7) is 0. The van der Waals surface area contributed by atoms with Crippen LogP contribution in [0, 0.1) is 0 Å². The second-order valence-electron chi connectivity index (χ2n) is 2.63. The zero-order chi connectivity index (χ0) is 11.6. The Labute approximate surface area is 80.7 Å². The molecule has 0 fully saturated rings. The van der Waals surface area contributed by atoms with Crippen molar-refractivity contribution in [3.05, 3.63) is 29.1 Å². The first-order chi connectivity index (χ1) is 6.84. The lowest BCUT2D eigenvalue weighted by atomic mass is 10.2. The number of pyridine rings is 1. The fraction of sp³-hybridized carbons (Fsp3) is 0.250. The van der Waals surface area contributed by atoms with E-state index in [2.05, 4.69) is 4.98 Å². The molecule has 0 saturated heterocycles. The second kappa shape index (κ2) is 3.92. The predicted molar refractivity (Wildman–Crippen MR) is 39.6 cm³/mol. The largest absolute Gasteiger partial charge is 0.433 e. The van der Waals surface area contributed by atoms with Gasteiger partial charge < -0.3 is 0 Å². The molecular weight excluding hydrogens is 221 g/mol. The van der Waals surface area contributed by atoms with Crippen molar-refractivity contribution in [2.24, 2.45) is 0 Å². The number of aromatic nitrogens is 1. The Bertz CT molecular complexity index is 374. The van der Waals surface area contributed by atoms with Crippen LogP contribution in [0.25, 0.3) is 0 Å². The monoisotopic (exact) mass is 225 g/mol. The first kappa shape index (κ1) is 11.5. The van der Waals surface area contributed by atoms with Crippen molar-refractivity contribution in [3.8, 4) is 0 Å². The molecule has 1 heterocycles. The molecule has 0 bridgehead atoms. The van der Waals surface area contributed by atoms with Crippen LogP contribution in [0.1, 0.15) is 28.2 Å². The molecule has 1 aromatic heterocycles. The molecule has 7 heteroatoms. The summed E-state index contributed by atoms with van der Waals surface area (Å²) in [4.78, 5) is 13.1. The molecule has 0 aliphatic rings. The van der Waals surface area contributed by atoms with Gasteiger partial charge in [-0.15, -0.1) is 0 Å². The number of hydrogen-bond donors (Lipinski definition) is 0. The van der Waals surface area contributed by atoms with Crippen molar-refractivity contribution < 1.29 is 26.7 Å². The van der Waals surface area contributed by atoms with Crippen LogP contribution in [-0.2, 0) is 6.18 Å². The molecule has 0 spiro atoms. The summed E-state index contributed by atoms with van der Waals surface area (Å²) in [5, 5.41) is 0. The van der Waals surface area contributed by atoms with Gasteiger partial charge in [0, 0.05) is 5.56 Å². The van der Waals surface area contributed by atoms with E-state index in [1.54, 1.807) is 0 Å². The number of halogens is 5. The fourth-order valence-corrected chi connectivity index (χ4v) is 0.906. The molecule has 0 saturated carbocycles. The van der Waals surface area contributed by atoms with Crippen LogP contribution in [0.5, 0.6) is 0 Å². The summed E-state index contributed by atoms with van der Waals surface area (Å²) in [5.74, 6) is 0. The summed E-state index contributed by atoms with van der Waals surface area (Å²) < 4.78 is 60.7. The Kier molecular flexibility index (Phi) is 3.01. The summed E-state index contributed by atoms with van der Waals surface area (Å²) in [6, 6.07) is 0.838. The highest BCUT2D eigenvalue weighted by molar-refractivity contribution is 5.72. The van der Waals surface area contributed by atoms with Crippen LogP contribution >= 0.6 is 0 Å². The van der Waals surface area contributed by atoms with E-state index in [0.717, 1.165) is 0 Å². The van der Waals surface area contributed by atoms with E-state index in [1.807, 2.05) is 0 Å². The van der Waals surface area contributed by atoms with Crippen LogP contribution in [-0.4, -0.2) is 11.3 Å². The van der Waals surface area contributed by atoms with Crippen molar-refractivity contribution in [1.29, 1.82) is 0 Å². The highest BCUT2D eigenvalue weighted by atomic mass is 19.4. The normalized spacial score (nSPS) is 11.9. The number of carbonyl (C=O) groups is 1. The third kappa shape index (κ3) is 2.71. The van der Waals surface area contributed by atoms with E-state index in [1.165, 1.54) is 0 Å². The van der Waals surface area contributed by atoms with Gasteiger partial charge in [0.15, 0.2) is 6.29 Å². The van der Waals surface area contributed by atoms with Gasteiger partial charge in [-0.1, -0.05) is 0 Å². The van der Waals surface area contributed by atoms with Crippen LogP contribution in [0.2, 0.25) is 0 Å². The molecule has 0 radical (unpaired) electrons. The summed E-state index contributed by atoms with van der Waals surface area (Å²) in [6.07, 6.45) is -7.93. The third-order valence-electron chi connectivity index (χ3n) is 1.53.